The van der Waals surface area contributed by atoms with E-state index in [1.807, 2.05) is 30.6 Å². The van der Waals surface area contributed by atoms with Gasteiger partial charge in [-0.25, -0.2) is 13.4 Å². The summed E-state index contributed by atoms with van der Waals surface area (Å²) in [5.41, 5.74) is 2.11. The van der Waals surface area contributed by atoms with Crippen LogP contribution in [-0.2, 0) is 16.4 Å². The molecule has 1 heterocycles. The van der Waals surface area contributed by atoms with Crippen LogP contribution in [0.2, 0.25) is 0 Å². The minimum Gasteiger partial charge on any atom is -0.494 e. The maximum Gasteiger partial charge on any atom is 0.175 e. The summed E-state index contributed by atoms with van der Waals surface area (Å²) in [6.07, 6.45) is 3.87. The first kappa shape index (κ1) is 15.6. The molecule has 120 valence electrons. The Kier molecular flexibility index (Phi) is 4.34. The molecule has 1 aromatic heterocycles. The number of benzene rings is 2. The summed E-state index contributed by atoms with van der Waals surface area (Å²) in [6.45, 7) is 1.38. The van der Waals surface area contributed by atoms with Crippen molar-refractivity contribution >= 4 is 20.9 Å². The predicted molar refractivity (Wildman–Crippen MR) is 89.4 cm³/mol. The predicted octanol–water partition coefficient (Wildman–Crippen LogP) is 2.91. The summed E-state index contributed by atoms with van der Waals surface area (Å²) < 4.78 is 30.5. The van der Waals surface area contributed by atoms with Gasteiger partial charge in [0, 0.05) is 12.8 Å². The largest absolute Gasteiger partial charge is 0.494 e. The third-order valence-corrected chi connectivity index (χ3v) is 4.72. The number of fused-ring (bicyclic) bond motifs is 1. The zero-order chi connectivity index (χ0) is 16.3. The van der Waals surface area contributed by atoms with Gasteiger partial charge in [-0.1, -0.05) is 12.1 Å². The molecule has 0 aliphatic rings. The lowest BCUT2D eigenvalue weighted by Crippen LogP contribution is -2.04. The monoisotopic (exact) mass is 330 g/mol. The van der Waals surface area contributed by atoms with Gasteiger partial charge in [-0.15, -0.1) is 0 Å². The second-order valence-electron chi connectivity index (χ2n) is 5.37. The average Bonchev–Trinajstić information content (AvgIpc) is 2.94. The molecule has 0 aliphatic carbocycles. The lowest BCUT2D eigenvalue weighted by molar-refractivity contribution is 0.302. The van der Waals surface area contributed by atoms with Crippen LogP contribution in [0.15, 0.2) is 59.8 Å². The number of nitrogens with zero attached hydrogens (tertiary/aromatic N) is 2. The molecule has 0 unspecified atom stereocenters. The molecule has 3 aromatic rings. The van der Waals surface area contributed by atoms with Crippen molar-refractivity contribution in [3.63, 3.8) is 0 Å². The lowest BCUT2D eigenvalue weighted by atomic mass is 10.3. The second-order valence-corrected chi connectivity index (χ2v) is 7.39. The van der Waals surface area contributed by atoms with E-state index in [4.69, 9.17) is 4.74 Å². The molecule has 5 nitrogen and oxygen atoms in total. The van der Waals surface area contributed by atoms with E-state index in [1.165, 1.54) is 6.26 Å². The maximum absolute atomic E-state index is 11.4. The molecule has 6 heteroatoms. The van der Waals surface area contributed by atoms with Crippen LogP contribution in [-0.4, -0.2) is 30.8 Å². The van der Waals surface area contributed by atoms with Gasteiger partial charge >= 0.3 is 0 Å². The van der Waals surface area contributed by atoms with Gasteiger partial charge in [0.2, 0.25) is 0 Å². The van der Waals surface area contributed by atoms with Crippen LogP contribution in [0.3, 0.4) is 0 Å². The van der Waals surface area contributed by atoms with E-state index in [9.17, 15) is 8.42 Å². The van der Waals surface area contributed by atoms with Crippen molar-refractivity contribution in [2.45, 2.75) is 17.9 Å². The number of imidazole rings is 1. The van der Waals surface area contributed by atoms with Gasteiger partial charge in [0.1, 0.15) is 5.75 Å². The Morgan fingerprint density at radius 2 is 1.83 bits per heavy atom. The summed E-state index contributed by atoms with van der Waals surface area (Å²) in [4.78, 5) is 4.65. The van der Waals surface area contributed by atoms with Crippen molar-refractivity contribution in [3.8, 4) is 5.75 Å². The van der Waals surface area contributed by atoms with E-state index < -0.39 is 9.84 Å². The molecule has 0 bridgehead atoms. The van der Waals surface area contributed by atoms with E-state index in [2.05, 4.69) is 9.55 Å². The maximum atomic E-state index is 11.4. The smallest absolute Gasteiger partial charge is 0.175 e. The van der Waals surface area contributed by atoms with E-state index in [-0.39, 0.29) is 0 Å². The Morgan fingerprint density at radius 1 is 1.09 bits per heavy atom. The molecular formula is C17H18N2O3S. The molecule has 0 saturated carbocycles. The molecule has 0 saturated heterocycles. The van der Waals surface area contributed by atoms with Gasteiger partial charge in [-0.3, -0.25) is 0 Å². The van der Waals surface area contributed by atoms with Gasteiger partial charge in [0.25, 0.3) is 0 Å². The van der Waals surface area contributed by atoms with Crippen LogP contribution in [0, 0.1) is 0 Å². The quantitative estimate of drug-likeness (QED) is 0.652. The number of para-hydroxylation sites is 2. The third kappa shape index (κ3) is 3.71. The summed E-state index contributed by atoms with van der Waals surface area (Å²) in [5.74, 6) is 0.674. The fourth-order valence-corrected chi connectivity index (χ4v) is 3.03. The Hall–Kier alpha value is -2.34. The zero-order valence-corrected chi connectivity index (χ0v) is 13.7. The Balaban J connectivity index is 1.54. The number of aromatic nitrogens is 2. The van der Waals surface area contributed by atoms with E-state index in [1.54, 1.807) is 24.3 Å². The van der Waals surface area contributed by atoms with E-state index in [0.29, 0.717) is 17.3 Å². The van der Waals surface area contributed by atoms with Gasteiger partial charge < -0.3 is 9.30 Å². The number of hydrogen-bond acceptors (Lipinski definition) is 4. The van der Waals surface area contributed by atoms with Crippen molar-refractivity contribution < 1.29 is 13.2 Å². The third-order valence-electron chi connectivity index (χ3n) is 3.59. The fourth-order valence-electron chi connectivity index (χ4n) is 2.40. The lowest BCUT2D eigenvalue weighted by Gasteiger charge is -2.08. The highest BCUT2D eigenvalue weighted by atomic mass is 32.2. The summed E-state index contributed by atoms with van der Waals surface area (Å²) >= 11 is 0. The molecule has 23 heavy (non-hydrogen) atoms. The first-order valence-electron chi connectivity index (χ1n) is 7.37. The van der Waals surface area contributed by atoms with Crippen molar-refractivity contribution in [3.05, 3.63) is 54.9 Å². The van der Waals surface area contributed by atoms with Gasteiger partial charge in [-0.05, 0) is 42.8 Å². The van der Waals surface area contributed by atoms with Crippen LogP contribution < -0.4 is 4.74 Å². The zero-order valence-electron chi connectivity index (χ0n) is 12.8. The van der Waals surface area contributed by atoms with Crippen LogP contribution in [0.5, 0.6) is 5.75 Å². The molecule has 0 spiro atoms. The molecule has 2 aromatic carbocycles. The second kappa shape index (κ2) is 6.42. The van der Waals surface area contributed by atoms with E-state index >= 15 is 0 Å². The first-order chi connectivity index (χ1) is 11.0. The summed E-state index contributed by atoms with van der Waals surface area (Å²) in [7, 11) is -3.16. The standard InChI is InChI=1S/C17H18N2O3S/c1-23(20,21)15-9-7-14(8-10-15)22-12-4-11-19-13-18-16-5-2-3-6-17(16)19/h2-3,5-10,13H,4,11-12H2,1H3. The minimum atomic E-state index is -3.16. The fraction of sp³-hybridized carbons (Fsp3) is 0.235. The molecule has 0 amide bonds. The van der Waals surface area contributed by atoms with Crippen molar-refractivity contribution in [1.29, 1.82) is 0 Å². The molecule has 0 N–H and O–H groups in total. The Bertz CT molecular complexity index is 899. The molecule has 0 radical (unpaired) electrons. The number of aryl methyl sites for hydroxylation is 1. The van der Waals surface area contributed by atoms with Crippen LogP contribution in [0.25, 0.3) is 11.0 Å². The molecule has 0 fully saturated rings. The highest BCUT2D eigenvalue weighted by molar-refractivity contribution is 7.90. The number of hydrogen-bond donors (Lipinski definition) is 0. The molecule has 0 aliphatic heterocycles. The van der Waals surface area contributed by atoms with Crippen LogP contribution >= 0.6 is 0 Å². The number of ether oxygens (including phenoxy) is 1. The SMILES string of the molecule is CS(=O)(=O)c1ccc(OCCCn2cnc3ccccc32)cc1. The first-order valence-corrected chi connectivity index (χ1v) is 9.26. The number of sulfone groups is 1. The molecule has 0 atom stereocenters. The molecular weight excluding hydrogens is 312 g/mol. The minimum absolute atomic E-state index is 0.301. The van der Waals surface area contributed by atoms with Crippen molar-refractivity contribution in [2.24, 2.45) is 0 Å². The Labute approximate surface area is 135 Å². The van der Waals surface area contributed by atoms with Gasteiger partial charge in [0.05, 0.1) is 28.9 Å². The highest BCUT2D eigenvalue weighted by Gasteiger charge is 2.06. The van der Waals surface area contributed by atoms with Crippen LogP contribution in [0.4, 0.5) is 0 Å². The van der Waals surface area contributed by atoms with Crippen LogP contribution in [0.1, 0.15) is 6.42 Å². The van der Waals surface area contributed by atoms with Crippen molar-refractivity contribution in [1.82, 2.24) is 9.55 Å². The van der Waals surface area contributed by atoms with E-state index in [0.717, 1.165) is 24.0 Å². The number of rotatable bonds is 6. The van der Waals surface area contributed by atoms with Crippen molar-refractivity contribution in [2.75, 3.05) is 12.9 Å². The Morgan fingerprint density at radius 3 is 2.57 bits per heavy atom. The summed E-state index contributed by atoms with van der Waals surface area (Å²) in [5, 5.41) is 0. The topological polar surface area (TPSA) is 61.2 Å². The molecule has 3 rings (SSSR count). The average molecular weight is 330 g/mol. The van der Waals surface area contributed by atoms with Gasteiger partial charge in [0.15, 0.2) is 9.84 Å². The van der Waals surface area contributed by atoms with Gasteiger partial charge in [-0.2, -0.15) is 0 Å². The highest BCUT2D eigenvalue weighted by Crippen LogP contribution is 2.16. The summed E-state index contributed by atoms with van der Waals surface area (Å²) in [6, 6.07) is 14.5. The normalized spacial score (nSPS) is 11.7.